The highest BCUT2D eigenvalue weighted by Gasteiger charge is 2.22. The molecule has 106 valence electrons. The topological polar surface area (TPSA) is 46.2 Å². The highest BCUT2D eigenvalue weighted by Crippen LogP contribution is 2.32. The van der Waals surface area contributed by atoms with Gasteiger partial charge < -0.3 is 10.8 Å². The van der Waals surface area contributed by atoms with Crippen LogP contribution in [0, 0.1) is 13.8 Å². The highest BCUT2D eigenvalue weighted by molar-refractivity contribution is 9.10. The van der Waals surface area contributed by atoms with Crippen LogP contribution in [-0.2, 0) is 0 Å². The molecule has 0 heterocycles. The Bertz CT molecular complexity index is 597. The summed E-state index contributed by atoms with van der Waals surface area (Å²) in [5, 5.41) is 10.6. The fourth-order valence-corrected chi connectivity index (χ4v) is 2.78. The van der Waals surface area contributed by atoms with Gasteiger partial charge in [-0.05, 0) is 48.2 Å². The molecular formula is C17H20BrNO. The first-order valence-electron chi connectivity index (χ1n) is 6.73. The third-order valence-corrected chi connectivity index (χ3v) is 4.28. The van der Waals surface area contributed by atoms with Gasteiger partial charge in [-0.2, -0.15) is 0 Å². The van der Waals surface area contributed by atoms with E-state index in [1.54, 1.807) is 0 Å². The van der Waals surface area contributed by atoms with Crippen LogP contribution < -0.4 is 5.73 Å². The second kappa shape index (κ2) is 6.53. The fourth-order valence-electron chi connectivity index (χ4n) is 2.37. The molecule has 3 heteroatoms. The largest absolute Gasteiger partial charge is 0.388 e. The van der Waals surface area contributed by atoms with Gasteiger partial charge in [-0.15, -0.1) is 0 Å². The third-order valence-electron chi connectivity index (χ3n) is 3.78. The second-order valence-corrected chi connectivity index (χ2v) is 6.10. The summed E-state index contributed by atoms with van der Waals surface area (Å²) >= 11 is 3.44. The van der Waals surface area contributed by atoms with Crippen LogP contribution in [0.1, 0.15) is 34.3 Å². The van der Waals surface area contributed by atoms with Crippen molar-refractivity contribution in [3.05, 3.63) is 69.2 Å². The van der Waals surface area contributed by atoms with E-state index in [9.17, 15) is 5.11 Å². The quantitative estimate of drug-likeness (QED) is 0.892. The van der Waals surface area contributed by atoms with Crippen molar-refractivity contribution in [1.82, 2.24) is 0 Å². The molecule has 0 radical (unpaired) electrons. The van der Waals surface area contributed by atoms with Crippen molar-refractivity contribution in [3.8, 4) is 0 Å². The fraction of sp³-hybridized carbons (Fsp3) is 0.294. The number of hydrogen-bond donors (Lipinski definition) is 2. The molecule has 2 aromatic carbocycles. The van der Waals surface area contributed by atoms with Crippen molar-refractivity contribution in [1.29, 1.82) is 0 Å². The Kier molecular flexibility index (Phi) is 4.97. The van der Waals surface area contributed by atoms with E-state index in [0.29, 0.717) is 6.54 Å². The molecule has 3 N–H and O–H groups in total. The SMILES string of the molecule is Cc1ccc(C(CN)C(O)c2cccc(Br)c2)cc1C. The molecule has 0 aliphatic carbocycles. The van der Waals surface area contributed by atoms with Gasteiger partial charge in [-0.3, -0.25) is 0 Å². The standard InChI is InChI=1S/C17H20BrNO/c1-11-6-7-13(8-12(11)2)16(10-19)17(20)14-4-3-5-15(18)9-14/h3-9,16-17,20H,10,19H2,1-2H3. The zero-order valence-corrected chi connectivity index (χ0v) is 13.4. The smallest absolute Gasteiger partial charge is 0.0871 e. The molecule has 2 rings (SSSR count). The lowest BCUT2D eigenvalue weighted by molar-refractivity contribution is 0.147. The first kappa shape index (κ1) is 15.2. The maximum atomic E-state index is 10.6. The van der Waals surface area contributed by atoms with E-state index in [4.69, 9.17) is 5.73 Å². The molecule has 0 spiro atoms. The van der Waals surface area contributed by atoms with Gasteiger partial charge in [-0.25, -0.2) is 0 Å². The number of nitrogens with two attached hydrogens (primary N) is 1. The van der Waals surface area contributed by atoms with Crippen molar-refractivity contribution in [2.24, 2.45) is 5.73 Å². The van der Waals surface area contributed by atoms with Crippen LogP contribution in [0.4, 0.5) is 0 Å². The van der Waals surface area contributed by atoms with E-state index >= 15 is 0 Å². The summed E-state index contributed by atoms with van der Waals surface area (Å²) < 4.78 is 0.963. The Morgan fingerprint density at radius 1 is 1.05 bits per heavy atom. The van der Waals surface area contributed by atoms with Crippen molar-refractivity contribution in [2.45, 2.75) is 25.9 Å². The van der Waals surface area contributed by atoms with Gasteiger partial charge in [0.05, 0.1) is 6.10 Å². The van der Waals surface area contributed by atoms with E-state index in [1.807, 2.05) is 24.3 Å². The van der Waals surface area contributed by atoms with Crippen molar-refractivity contribution in [2.75, 3.05) is 6.54 Å². The molecule has 2 unspecified atom stereocenters. The molecule has 20 heavy (non-hydrogen) atoms. The van der Waals surface area contributed by atoms with Crippen LogP contribution in [0.3, 0.4) is 0 Å². The molecule has 0 saturated heterocycles. The molecular weight excluding hydrogens is 314 g/mol. The Morgan fingerprint density at radius 2 is 1.80 bits per heavy atom. The number of aliphatic hydroxyl groups is 1. The first-order valence-corrected chi connectivity index (χ1v) is 7.53. The van der Waals surface area contributed by atoms with Gasteiger partial charge in [0.15, 0.2) is 0 Å². The molecule has 2 aromatic rings. The minimum Gasteiger partial charge on any atom is -0.388 e. The maximum Gasteiger partial charge on any atom is 0.0871 e. The first-order chi connectivity index (χ1) is 9.52. The van der Waals surface area contributed by atoms with Crippen LogP contribution in [0.2, 0.25) is 0 Å². The number of aryl methyl sites for hydroxylation is 2. The summed E-state index contributed by atoms with van der Waals surface area (Å²) in [6.45, 7) is 4.58. The molecule has 0 bridgehead atoms. The summed E-state index contributed by atoms with van der Waals surface area (Å²) in [5.41, 5.74) is 10.3. The molecule has 0 aliphatic rings. The number of halogens is 1. The Labute approximate surface area is 128 Å². The lowest BCUT2D eigenvalue weighted by Gasteiger charge is -2.23. The van der Waals surface area contributed by atoms with Gasteiger partial charge in [-0.1, -0.05) is 46.3 Å². The van der Waals surface area contributed by atoms with Crippen LogP contribution >= 0.6 is 15.9 Å². The van der Waals surface area contributed by atoms with Gasteiger partial charge in [0, 0.05) is 16.9 Å². The highest BCUT2D eigenvalue weighted by atomic mass is 79.9. The number of benzene rings is 2. The van der Waals surface area contributed by atoms with Crippen LogP contribution in [-0.4, -0.2) is 11.7 Å². The average molecular weight is 334 g/mol. The van der Waals surface area contributed by atoms with E-state index in [-0.39, 0.29) is 5.92 Å². The van der Waals surface area contributed by atoms with Gasteiger partial charge in [0.25, 0.3) is 0 Å². The normalized spacial score (nSPS) is 14.1. The Morgan fingerprint density at radius 3 is 2.40 bits per heavy atom. The summed E-state index contributed by atoms with van der Waals surface area (Å²) in [5.74, 6) is -0.0939. The van der Waals surface area contributed by atoms with Gasteiger partial charge >= 0.3 is 0 Å². The molecule has 0 amide bonds. The lowest BCUT2D eigenvalue weighted by Crippen LogP contribution is -2.20. The van der Waals surface area contributed by atoms with Crippen molar-refractivity contribution in [3.63, 3.8) is 0 Å². The summed E-state index contributed by atoms with van der Waals surface area (Å²) in [6.07, 6.45) is -0.598. The Hall–Kier alpha value is -1.16. The van der Waals surface area contributed by atoms with Crippen molar-refractivity contribution < 1.29 is 5.11 Å². The number of aliphatic hydroxyl groups excluding tert-OH is 1. The zero-order chi connectivity index (χ0) is 14.7. The minimum atomic E-state index is -0.598. The summed E-state index contributed by atoms with van der Waals surface area (Å²) in [7, 11) is 0. The molecule has 2 nitrogen and oxygen atoms in total. The number of hydrogen-bond acceptors (Lipinski definition) is 2. The Balaban J connectivity index is 2.33. The molecule has 0 aromatic heterocycles. The predicted octanol–water partition coefficient (Wildman–Crippen LogP) is 3.84. The van der Waals surface area contributed by atoms with Gasteiger partial charge in [0.1, 0.15) is 0 Å². The third kappa shape index (κ3) is 3.29. The molecule has 0 saturated carbocycles. The zero-order valence-electron chi connectivity index (χ0n) is 11.8. The summed E-state index contributed by atoms with van der Waals surface area (Å²) in [4.78, 5) is 0. The predicted molar refractivity (Wildman–Crippen MR) is 86.8 cm³/mol. The monoisotopic (exact) mass is 333 g/mol. The lowest BCUT2D eigenvalue weighted by atomic mass is 9.88. The van der Waals surface area contributed by atoms with Crippen LogP contribution in [0.15, 0.2) is 46.9 Å². The van der Waals surface area contributed by atoms with Crippen molar-refractivity contribution >= 4 is 15.9 Å². The van der Waals surface area contributed by atoms with E-state index in [0.717, 1.165) is 15.6 Å². The van der Waals surface area contributed by atoms with Gasteiger partial charge in [0.2, 0.25) is 0 Å². The summed E-state index contributed by atoms with van der Waals surface area (Å²) in [6, 6.07) is 14.0. The van der Waals surface area contributed by atoms with Crippen LogP contribution in [0.25, 0.3) is 0 Å². The minimum absolute atomic E-state index is 0.0939. The molecule has 0 fully saturated rings. The molecule has 2 atom stereocenters. The second-order valence-electron chi connectivity index (χ2n) is 5.19. The average Bonchev–Trinajstić information content (AvgIpc) is 2.43. The number of rotatable bonds is 4. The van der Waals surface area contributed by atoms with E-state index in [2.05, 4.69) is 48.0 Å². The molecule has 0 aliphatic heterocycles. The van der Waals surface area contributed by atoms with Crippen LogP contribution in [0.5, 0.6) is 0 Å². The maximum absolute atomic E-state index is 10.6. The van der Waals surface area contributed by atoms with E-state index < -0.39 is 6.10 Å². The van der Waals surface area contributed by atoms with E-state index in [1.165, 1.54) is 11.1 Å².